The lowest BCUT2D eigenvalue weighted by molar-refractivity contribution is 0.108. The lowest BCUT2D eigenvalue weighted by Gasteiger charge is -2.09. The second-order valence-electron chi connectivity index (χ2n) is 6.31. The fourth-order valence-corrected chi connectivity index (χ4v) is 3.71. The van der Waals surface area contributed by atoms with Crippen molar-refractivity contribution in [3.05, 3.63) is 89.5 Å². The van der Waals surface area contributed by atoms with E-state index in [9.17, 15) is 4.79 Å². The van der Waals surface area contributed by atoms with Crippen LogP contribution in [0.1, 0.15) is 21.5 Å². The van der Waals surface area contributed by atoms with E-state index in [0.29, 0.717) is 10.7 Å². The standard InChI is InChI=1S/C22H18N2OS/c1-15-7-11-17(12-8-15)21(25)26-22-23-19-5-3-4-6-20(19)24(22)18-13-9-16(2)10-14-18/h3-14H,1-2H3. The summed E-state index contributed by atoms with van der Waals surface area (Å²) in [4.78, 5) is 17.4. The monoisotopic (exact) mass is 358 g/mol. The van der Waals surface area contributed by atoms with Crippen molar-refractivity contribution in [3.63, 3.8) is 0 Å². The zero-order valence-electron chi connectivity index (χ0n) is 14.6. The smallest absolute Gasteiger partial charge is 0.227 e. The Bertz CT molecular complexity index is 1080. The number of hydrogen-bond acceptors (Lipinski definition) is 3. The Morgan fingerprint density at radius 2 is 1.46 bits per heavy atom. The first-order valence-electron chi connectivity index (χ1n) is 8.45. The molecule has 0 N–H and O–H groups in total. The number of thioether (sulfide) groups is 1. The molecule has 1 aromatic heterocycles. The largest absolute Gasteiger partial charge is 0.287 e. The van der Waals surface area contributed by atoms with Gasteiger partial charge in [0.15, 0.2) is 5.16 Å². The third-order valence-electron chi connectivity index (χ3n) is 4.29. The number of carbonyl (C=O) groups is 1. The van der Waals surface area contributed by atoms with Crippen LogP contribution in [0.5, 0.6) is 0 Å². The molecular weight excluding hydrogens is 340 g/mol. The maximum absolute atomic E-state index is 12.7. The van der Waals surface area contributed by atoms with Crippen molar-refractivity contribution in [3.8, 4) is 5.69 Å². The van der Waals surface area contributed by atoms with Crippen LogP contribution in [0.2, 0.25) is 0 Å². The Hall–Kier alpha value is -2.85. The molecule has 4 heteroatoms. The quantitative estimate of drug-likeness (QED) is 0.449. The average Bonchev–Trinajstić information content (AvgIpc) is 3.01. The Morgan fingerprint density at radius 1 is 0.846 bits per heavy atom. The number of rotatable bonds is 3. The zero-order valence-corrected chi connectivity index (χ0v) is 15.5. The molecule has 0 saturated heterocycles. The molecule has 4 rings (SSSR count). The van der Waals surface area contributed by atoms with Crippen molar-refractivity contribution < 1.29 is 4.79 Å². The highest BCUT2D eigenvalue weighted by Crippen LogP contribution is 2.30. The molecule has 0 amide bonds. The van der Waals surface area contributed by atoms with E-state index < -0.39 is 0 Å². The summed E-state index contributed by atoms with van der Waals surface area (Å²) in [5.41, 5.74) is 5.90. The van der Waals surface area contributed by atoms with Crippen molar-refractivity contribution in [2.75, 3.05) is 0 Å². The number of para-hydroxylation sites is 2. The lowest BCUT2D eigenvalue weighted by atomic mass is 10.2. The van der Waals surface area contributed by atoms with Gasteiger partial charge in [-0.3, -0.25) is 9.36 Å². The SMILES string of the molecule is Cc1ccc(C(=O)Sc2nc3ccccc3n2-c2ccc(C)cc2)cc1. The molecule has 26 heavy (non-hydrogen) atoms. The van der Waals surface area contributed by atoms with Crippen molar-refractivity contribution in [1.29, 1.82) is 0 Å². The van der Waals surface area contributed by atoms with Crippen LogP contribution in [0.25, 0.3) is 16.7 Å². The number of benzene rings is 3. The predicted octanol–water partition coefficient (Wildman–Crippen LogP) is 5.57. The number of nitrogens with zero attached hydrogens (tertiary/aromatic N) is 2. The maximum Gasteiger partial charge on any atom is 0.227 e. The van der Waals surface area contributed by atoms with Gasteiger partial charge in [-0.25, -0.2) is 4.98 Å². The van der Waals surface area contributed by atoms with Crippen molar-refractivity contribution >= 4 is 27.9 Å². The summed E-state index contributed by atoms with van der Waals surface area (Å²) in [5.74, 6) is 0. The Balaban J connectivity index is 1.79. The molecule has 4 aromatic rings. The van der Waals surface area contributed by atoms with Crippen molar-refractivity contribution in [2.45, 2.75) is 19.0 Å². The number of aromatic nitrogens is 2. The molecule has 0 aliphatic heterocycles. The highest BCUT2D eigenvalue weighted by atomic mass is 32.2. The molecule has 128 valence electrons. The van der Waals surface area contributed by atoms with Gasteiger partial charge in [-0.1, -0.05) is 59.7 Å². The molecule has 0 unspecified atom stereocenters. The fourth-order valence-electron chi connectivity index (χ4n) is 2.85. The molecular formula is C22H18N2OS. The number of imidazole rings is 1. The Morgan fingerprint density at radius 3 is 2.15 bits per heavy atom. The second-order valence-corrected chi connectivity index (χ2v) is 7.25. The van der Waals surface area contributed by atoms with Gasteiger partial charge in [0.1, 0.15) is 0 Å². The van der Waals surface area contributed by atoms with Crippen molar-refractivity contribution in [1.82, 2.24) is 9.55 Å². The van der Waals surface area contributed by atoms with E-state index in [0.717, 1.165) is 22.3 Å². The van der Waals surface area contributed by atoms with Crippen molar-refractivity contribution in [2.24, 2.45) is 0 Å². The average molecular weight is 358 g/mol. The van der Waals surface area contributed by atoms with Crippen LogP contribution in [0.4, 0.5) is 0 Å². The van der Waals surface area contributed by atoms with E-state index in [-0.39, 0.29) is 5.12 Å². The number of carbonyl (C=O) groups excluding carboxylic acids is 1. The molecule has 0 aliphatic rings. The van der Waals surface area contributed by atoms with Gasteiger partial charge in [0.25, 0.3) is 0 Å². The summed E-state index contributed by atoms with van der Waals surface area (Å²) in [5, 5.41) is 0.675. The third-order valence-corrected chi connectivity index (χ3v) is 5.17. The van der Waals surface area contributed by atoms with E-state index in [1.807, 2.05) is 60.0 Å². The summed E-state index contributed by atoms with van der Waals surface area (Å²) >= 11 is 1.17. The van der Waals surface area contributed by atoms with E-state index >= 15 is 0 Å². The number of hydrogen-bond donors (Lipinski definition) is 0. The minimum atomic E-state index is -0.00586. The van der Waals surface area contributed by atoms with Crippen LogP contribution < -0.4 is 0 Å². The normalized spacial score (nSPS) is 11.0. The molecule has 3 aromatic carbocycles. The first-order chi connectivity index (χ1) is 12.6. The van der Waals surface area contributed by atoms with Gasteiger partial charge in [0.2, 0.25) is 5.12 Å². The third kappa shape index (κ3) is 3.16. The first-order valence-corrected chi connectivity index (χ1v) is 9.27. The van der Waals surface area contributed by atoms with E-state index in [4.69, 9.17) is 4.98 Å². The summed E-state index contributed by atoms with van der Waals surface area (Å²) in [6.07, 6.45) is 0. The number of aryl methyl sites for hydroxylation is 2. The Labute approximate surface area is 156 Å². The van der Waals surface area contributed by atoms with E-state index in [2.05, 4.69) is 31.2 Å². The summed E-state index contributed by atoms with van der Waals surface area (Å²) in [7, 11) is 0. The fraction of sp³-hybridized carbons (Fsp3) is 0.0909. The molecule has 0 spiro atoms. The van der Waals surface area contributed by atoms with Crippen LogP contribution in [0.3, 0.4) is 0 Å². The summed E-state index contributed by atoms with van der Waals surface area (Å²) < 4.78 is 2.05. The van der Waals surface area contributed by atoms with Gasteiger partial charge in [-0.15, -0.1) is 0 Å². The molecule has 0 bridgehead atoms. The molecule has 3 nitrogen and oxygen atoms in total. The minimum Gasteiger partial charge on any atom is -0.287 e. The maximum atomic E-state index is 12.7. The predicted molar refractivity (Wildman–Crippen MR) is 107 cm³/mol. The van der Waals surface area contributed by atoms with Crippen LogP contribution in [0.15, 0.2) is 78.0 Å². The number of fused-ring (bicyclic) bond motifs is 1. The highest BCUT2D eigenvalue weighted by Gasteiger charge is 2.17. The first kappa shape index (κ1) is 16.6. The van der Waals surface area contributed by atoms with Gasteiger partial charge in [-0.05, 0) is 49.9 Å². The van der Waals surface area contributed by atoms with Gasteiger partial charge < -0.3 is 0 Å². The molecule has 0 fully saturated rings. The minimum absolute atomic E-state index is 0.00586. The lowest BCUT2D eigenvalue weighted by Crippen LogP contribution is -2.00. The second kappa shape index (κ2) is 6.81. The molecule has 0 atom stereocenters. The van der Waals surface area contributed by atoms with Gasteiger partial charge in [0.05, 0.1) is 11.0 Å². The van der Waals surface area contributed by atoms with Crippen LogP contribution >= 0.6 is 11.8 Å². The Kier molecular flexibility index (Phi) is 4.35. The molecule has 0 aliphatic carbocycles. The molecule has 0 saturated carbocycles. The van der Waals surface area contributed by atoms with Gasteiger partial charge >= 0.3 is 0 Å². The zero-order chi connectivity index (χ0) is 18.1. The van der Waals surface area contributed by atoms with E-state index in [1.165, 1.54) is 17.3 Å². The summed E-state index contributed by atoms with van der Waals surface area (Å²) in [6, 6.07) is 23.9. The summed E-state index contributed by atoms with van der Waals surface area (Å²) in [6.45, 7) is 4.07. The van der Waals surface area contributed by atoms with E-state index in [1.54, 1.807) is 0 Å². The molecule has 0 radical (unpaired) electrons. The topological polar surface area (TPSA) is 34.9 Å². The highest BCUT2D eigenvalue weighted by molar-refractivity contribution is 8.14. The van der Waals surface area contributed by atoms with Gasteiger partial charge in [0, 0.05) is 11.3 Å². The van der Waals surface area contributed by atoms with Crippen LogP contribution in [-0.4, -0.2) is 14.7 Å². The molecule has 1 heterocycles. The van der Waals surface area contributed by atoms with Crippen LogP contribution in [0, 0.1) is 13.8 Å². The van der Waals surface area contributed by atoms with Crippen LogP contribution in [-0.2, 0) is 0 Å². The van der Waals surface area contributed by atoms with Gasteiger partial charge in [-0.2, -0.15) is 0 Å².